The van der Waals surface area contributed by atoms with Gasteiger partial charge in [0.25, 0.3) is 0 Å². The summed E-state index contributed by atoms with van der Waals surface area (Å²) < 4.78 is 7.08. The highest BCUT2D eigenvalue weighted by Crippen LogP contribution is 2.17. The number of fused-ring (bicyclic) bond motifs is 1. The van der Waals surface area contributed by atoms with Gasteiger partial charge in [0, 0.05) is 30.8 Å². The largest absolute Gasteiger partial charge is 0.497 e. The second-order valence-electron chi connectivity index (χ2n) is 5.18. The fraction of sp³-hybridized carbons (Fsp3) is 0.235. The molecule has 0 atom stereocenters. The number of amides is 1. The minimum Gasteiger partial charge on any atom is -0.497 e. The Kier molecular flexibility index (Phi) is 4.52. The highest BCUT2D eigenvalue weighted by Gasteiger charge is 2.07. The van der Waals surface area contributed by atoms with Gasteiger partial charge in [-0.1, -0.05) is 12.1 Å². The smallest absolute Gasteiger partial charge is 0.224 e. The number of nitrogens with zero attached hydrogens (tertiary/aromatic N) is 3. The van der Waals surface area contributed by atoms with E-state index in [1.807, 2.05) is 47.0 Å². The molecule has 0 radical (unpaired) electrons. The van der Waals surface area contributed by atoms with Crippen molar-refractivity contribution in [2.24, 2.45) is 0 Å². The Balaban J connectivity index is 1.53. The molecule has 0 aliphatic rings. The van der Waals surface area contributed by atoms with Gasteiger partial charge in [0.05, 0.1) is 7.11 Å². The SMILES string of the molecule is COc1cccc(NC(=O)CCCc2nnc3ccccn23)c1. The van der Waals surface area contributed by atoms with Crippen LogP contribution in [0.25, 0.3) is 5.65 Å². The molecule has 0 bridgehead atoms. The van der Waals surface area contributed by atoms with Crippen LogP contribution in [0.1, 0.15) is 18.7 Å². The zero-order chi connectivity index (χ0) is 16.1. The van der Waals surface area contributed by atoms with E-state index in [4.69, 9.17) is 4.74 Å². The van der Waals surface area contributed by atoms with Crippen LogP contribution in [0.2, 0.25) is 0 Å². The lowest BCUT2D eigenvalue weighted by atomic mass is 10.2. The molecule has 2 aromatic heterocycles. The molecule has 2 heterocycles. The minimum atomic E-state index is -0.0212. The molecule has 3 aromatic rings. The summed E-state index contributed by atoms with van der Waals surface area (Å²) in [6, 6.07) is 13.1. The molecular weight excluding hydrogens is 292 g/mol. The summed E-state index contributed by atoms with van der Waals surface area (Å²) in [5.41, 5.74) is 1.56. The Labute approximate surface area is 134 Å². The zero-order valence-corrected chi connectivity index (χ0v) is 12.9. The molecule has 3 rings (SSSR count). The molecule has 0 fully saturated rings. The van der Waals surface area contributed by atoms with E-state index in [2.05, 4.69) is 15.5 Å². The molecular formula is C17H18N4O2. The van der Waals surface area contributed by atoms with Gasteiger partial charge in [-0.15, -0.1) is 10.2 Å². The fourth-order valence-corrected chi connectivity index (χ4v) is 2.39. The lowest BCUT2D eigenvalue weighted by Crippen LogP contribution is -2.11. The van der Waals surface area contributed by atoms with Crippen LogP contribution in [-0.4, -0.2) is 27.6 Å². The van der Waals surface area contributed by atoms with Crippen molar-refractivity contribution < 1.29 is 9.53 Å². The molecule has 118 valence electrons. The topological polar surface area (TPSA) is 68.5 Å². The molecule has 1 N–H and O–H groups in total. The molecule has 0 saturated heterocycles. The molecule has 6 heteroatoms. The molecule has 0 aliphatic carbocycles. The number of rotatable bonds is 6. The third kappa shape index (κ3) is 3.66. The van der Waals surface area contributed by atoms with E-state index in [1.54, 1.807) is 13.2 Å². The van der Waals surface area contributed by atoms with Gasteiger partial charge < -0.3 is 10.1 Å². The first-order valence-corrected chi connectivity index (χ1v) is 7.49. The molecule has 0 saturated carbocycles. The number of benzene rings is 1. The van der Waals surface area contributed by atoms with Crippen molar-refractivity contribution in [3.8, 4) is 5.75 Å². The Morgan fingerprint density at radius 3 is 3.00 bits per heavy atom. The van der Waals surface area contributed by atoms with Gasteiger partial charge in [0.15, 0.2) is 5.65 Å². The molecule has 0 aliphatic heterocycles. The van der Waals surface area contributed by atoms with Crippen LogP contribution in [0.4, 0.5) is 5.69 Å². The second-order valence-corrected chi connectivity index (χ2v) is 5.18. The first kappa shape index (κ1) is 15.0. The number of nitrogens with one attached hydrogen (secondary N) is 1. The molecule has 6 nitrogen and oxygen atoms in total. The molecule has 23 heavy (non-hydrogen) atoms. The summed E-state index contributed by atoms with van der Waals surface area (Å²) in [6.07, 6.45) is 3.78. The lowest BCUT2D eigenvalue weighted by molar-refractivity contribution is -0.116. The van der Waals surface area contributed by atoms with Crippen LogP contribution in [0.5, 0.6) is 5.75 Å². The van der Waals surface area contributed by atoms with Gasteiger partial charge >= 0.3 is 0 Å². The summed E-state index contributed by atoms with van der Waals surface area (Å²) >= 11 is 0. The van der Waals surface area contributed by atoms with E-state index < -0.39 is 0 Å². The Hall–Kier alpha value is -2.89. The Morgan fingerprint density at radius 2 is 2.13 bits per heavy atom. The number of ether oxygens (including phenoxy) is 1. The van der Waals surface area contributed by atoms with Crippen LogP contribution < -0.4 is 10.1 Å². The third-order valence-electron chi connectivity index (χ3n) is 3.54. The maximum atomic E-state index is 12.0. The summed E-state index contributed by atoms with van der Waals surface area (Å²) in [6.45, 7) is 0. The molecule has 0 unspecified atom stereocenters. The van der Waals surface area contributed by atoms with E-state index in [1.165, 1.54) is 0 Å². The lowest BCUT2D eigenvalue weighted by Gasteiger charge is -2.06. The van der Waals surface area contributed by atoms with E-state index in [9.17, 15) is 4.79 Å². The predicted octanol–water partition coefficient (Wildman–Crippen LogP) is 2.70. The third-order valence-corrected chi connectivity index (χ3v) is 3.54. The van der Waals surface area contributed by atoms with Crippen molar-refractivity contribution in [3.63, 3.8) is 0 Å². The van der Waals surface area contributed by atoms with E-state index in [0.29, 0.717) is 19.3 Å². The van der Waals surface area contributed by atoms with Crippen molar-refractivity contribution in [1.29, 1.82) is 0 Å². The van der Waals surface area contributed by atoms with Crippen molar-refractivity contribution in [2.45, 2.75) is 19.3 Å². The zero-order valence-electron chi connectivity index (χ0n) is 12.9. The molecule has 1 aromatic carbocycles. The first-order chi connectivity index (χ1) is 11.3. The van der Waals surface area contributed by atoms with Gasteiger partial charge in [0.2, 0.25) is 5.91 Å². The summed E-state index contributed by atoms with van der Waals surface area (Å²) in [5, 5.41) is 11.1. The van der Waals surface area contributed by atoms with Crippen molar-refractivity contribution >= 4 is 17.2 Å². The number of hydrogen-bond donors (Lipinski definition) is 1. The number of carbonyl (C=O) groups excluding carboxylic acids is 1. The monoisotopic (exact) mass is 310 g/mol. The van der Waals surface area contributed by atoms with Gasteiger partial charge in [0.1, 0.15) is 11.6 Å². The molecule has 1 amide bonds. The number of aromatic nitrogens is 3. The Morgan fingerprint density at radius 1 is 1.22 bits per heavy atom. The van der Waals surface area contributed by atoms with Crippen molar-refractivity contribution in [3.05, 3.63) is 54.5 Å². The normalized spacial score (nSPS) is 10.7. The number of aryl methyl sites for hydroxylation is 1. The highest BCUT2D eigenvalue weighted by atomic mass is 16.5. The Bertz CT molecular complexity index is 813. The van der Waals surface area contributed by atoms with E-state index in [-0.39, 0.29) is 5.91 Å². The highest BCUT2D eigenvalue weighted by molar-refractivity contribution is 5.90. The average molecular weight is 310 g/mol. The van der Waals surface area contributed by atoms with E-state index >= 15 is 0 Å². The van der Waals surface area contributed by atoms with E-state index in [0.717, 1.165) is 22.9 Å². The number of carbonyl (C=O) groups is 1. The van der Waals surface area contributed by atoms with Crippen LogP contribution in [0, 0.1) is 0 Å². The quantitative estimate of drug-likeness (QED) is 0.760. The first-order valence-electron chi connectivity index (χ1n) is 7.49. The summed E-state index contributed by atoms with van der Waals surface area (Å²) in [4.78, 5) is 12.0. The maximum Gasteiger partial charge on any atom is 0.224 e. The number of pyridine rings is 1. The minimum absolute atomic E-state index is 0.0212. The fourth-order valence-electron chi connectivity index (χ4n) is 2.39. The average Bonchev–Trinajstić information content (AvgIpc) is 2.98. The van der Waals surface area contributed by atoms with Crippen molar-refractivity contribution in [1.82, 2.24) is 14.6 Å². The van der Waals surface area contributed by atoms with Crippen LogP contribution in [0.15, 0.2) is 48.7 Å². The van der Waals surface area contributed by atoms with Gasteiger partial charge in [-0.05, 0) is 30.7 Å². The van der Waals surface area contributed by atoms with Crippen molar-refractivity contribution in [2.75, 3.05) is 12.4 Å². The maximum absolute atomic E-state index is 12.0. The number of methoxy groups -OCH3 is 1. The van der Waals surface area contributed by atoms with Gasteiger partial charge in [-0.25, -0.2) is 0 Å². The van der Waals surface area contributed by atoms with Crippen LogP contribution in [0.3, 0.4) is 0 Å². The summed E-state index contributed by atoms with van der Waals surface area (Å²) in [5.74, 6) is 1.57. The van der Waals surface area contributed by atoms with Crippen LogP contribution >= 0.6 is 0 Å². The summed E-state index contributed by atoms with van der Waals surface area (Å²) in [7, 11) is 1.60. The van der Waals surface area contributed by atoms with Gasteiger partial charge in [-0.3, -0.25) is 9.20 Å². The van der Waals surface area contributed by atoms with Crippen LogP contribution in [-0.2, 0) is 11.2 Å². The second kappa shape index (κ2) is 6.91. The standard InChI is InChI=1S/C17H18N4O2/c1-23-14-7-4-6-13(12-14)18-17(22)10-5-9-16-20-19-15-8-2-3-11-21(15)16/h2-4,6-8,11-12H,5,9-10H2,1H3,(H,18,22). The number of anilines is 1. The predicted molar refractivity (Wildman–Crippen MR) is 87.5 cm³/mol. The van der Waals surface area contributed by atoms with Gasteiger partial charge in [-0.2, -0.15) is 0 Å². The number of hydrogen-bond acceptors (Lipinski definition) is 4. The molecule has 0 spiro atoms.